The van der Waals surface area contributed by atoms with Crippen LogP contribution in [0.1, 0.15) is 59.8 Å². The van der Waals surface area contributed by atoms with Crippen molar-refractivity contribution in [3.63, 3.8) is 0 Å². The standard InChI is InChI=1S/C22H35NO4/c1-7-20(4)12-16(27-19(23)25)21(5)13(2)8-10-22(14(3)18(20)24)11-9-15(26-6)17(21)22/h7,13-17H,1,8-12H2,2-6H3,(H2,23,25)/t13?,14-,15+,16+,17?,20+,21-,22-/m0/s1. The highest BCUT2D eigenvalue weighted by Crippen LogP contribution is 2.68. The first-order valence-electron chi connectivity index (χ1n) is 10.2. The maximum atomic E-state index is 13.6. The number of hydrogen-bond donors (Lipinski definition) is 1. The van der Waals surface area contributed by atoms with Crippen LogP contribution in [0.3, 0.4) is 0 Å². The molecule has 0 aromatic heterocycles. The summed E-state index contributed by atoms with van der Waals surface area (Å²) in [4.78, 5) is 25.4. The van der Waals surface area contributed by atoms with Gasteiger partial charge in [0.25, 0.3) is 0 Å². The minimum absolute atomic E-state index is 0.0695. The van der Waals surface area contributed by atoms with Crippen molar-refractivity contribution in [2.24, 2.45) is 39.7 Å². The second-order valence-electron chi connectivity index (χ2n) is 9.67. The Kier molecular flexibility index (Phi) is 4.99. The molecule has 152 valence electrons. The van der Waals surface area contributed by atoms with E-state index in [0.717, 1.165) is 25.7 Å². The summed E-state index contributed by atoms with van der Waals surface area (Å²) < 4.78 is 11.7. The fourth-order valence-electron chi connectivity index (χ4n) is 6.93. The Labute approximate surface area is 163 Å². The highest BCUT2D eigenvalue weighted by Gasteiger charge is 2.68. The summed E-state index contributed by atoms with van der Waals surface area (Å²) in [6, 6.07) is 0. The Balaban J connectivity index is 2.24. The van der Waals surface area contributed by atoms with Crippen molar-refractivity contribution in [3.05, 3.63) is 12.7 Å². The van der Waals surface area contributed by atoms with Crippen molar-refractivity contribution in [2.75, 3.05) is 7.11 Å². The van der Waals surface area contributed by atoms with Crippen LogP contribution in [0.5, 0.6) is 0 Å². The number of carbonyl (C=O) groups is 2. The van der Waals surface area contributed by atoms with Gasteiger partial charge in [-0.05, 0) is 43.9 Å². The number of hydrogen-bond acceptors (Lipinski definition) is 4. The fourth-order valence-corrected chi connectivity index (χ4v) is 6.93. The lowest BCUT2D eigenvalue weighted by molar-refractivity contribution is -0.188. The van der Waals surface area contributed by atoms with Gasteiger partial charge in [0.1, 0.15) is 11.9 Å². The normalized spacial score (nSPS) is 49.7. The molecule has 0 spiro atoms. The molecule has 3 rings (SSSR count). The van der Waals surface area contributed by atoms with Crippen LogP contribution in [-0.2, 0) is 14.3 Å². The molecule has 0 aromatic rings. The van der Waals surface area contributed by atoms with Crippen LogP contribution in [-0.4, -0.2) is 31.2 Å². The van der Waals surface area contributed by atoms with E-state index in [9.17, 15) is 9.59 Å². The minimum atomic E-state index is -0.774. The number of primary amides is 1. The number of Topliss-reactive ketones (excluding diaryl/α,β-unsaturated/α-hetero) is 1. The highest BCUT2D eigenvalue weighted by molar-refractivity contribution is 5.89. The molecule has 5 nitrogen and oxygen atoms in total. The molecule has 27 heavy (non-hydrogen) atoms. The van der Waals surface area contributed by atoms with Gasteiger partial charge >= 0.3 is 6.09 Å². The van der Waals surface area contributed by atoms with Crippen LogP contribution >= 0.6 is 0 Å². The van der Waals surface area contributed by atoms with Gasteiger partial charge in [-0.15, -0.1) is 6.58 Å². The topological polar surface area (TPSA) is 78.6 Å². The second kappa shape index (κ2) is 6.61. The predicted octanol–water partition coefficient (Wildman–Crippen LogP) is 4.10. The molecule has 5 heteroatoms. The SMILES string of the molecule is C=C[C@]1(C)C[C@@H](OC(N)=O)[C@]2(C)C(C)CC[C@]3(CC[C@@H](OC)C32)[C@@H](C)C1=O. The number of rotatable bonds is 3. The van der Waals surface area contributed by atoms with Crippen LogP contribution in [0, 0.1) is 34.0 Å². The lowest BCUT2D eigenvalue weighted by atomic mass is 9.44. The number of methoxy groups -OCH3 is 1. The third-order valence-corrected chi connectivity index (χ3v) is 8.79. The molecule has 2 N–H and O–H groups in total. The lowest BCUT2D eigenvalue weighted by Crippen LogP contribution is -2.63. The van der Waals surface area contributed by atoms with Crippen LogP contribution in [0.2, 0.25) is 0 Å². The van der Waals surface area contributed by atoms with Gasteiger partial charge in [0.05, 0.1) is 6.10 Å². The van der Waals surface area contributed by atoms with Gasteiger partial charge < -0.3 is 15.2 Å². The summed E-state index contributed by atoms with van der Waals surface area (Å²) in [5.74, 6) is 0.627. The van der Waals surface area contributed by atoms with E-state index >= 15 is 0 Å². The van der Waals surface area contributed by atoms with E-state index < -0.39 is 17.6 Å². The molecule has 0 aromatic carbocycles. The number of nitrogens with two attached hydrogens (primary N) is 1. The average molecular weight is 378 g/mol. The number of amides is 1. The summed E-state index contributed by atoms with van der Waals surface area (Å²) >= 11 is 0. The molecule has 8 atom stereocenters. The van der Waals surface area contributed by atoms with Crippen LogP contribution in [0.4, 0.5) is 4.79 Å². The first-order chi connectivity index (χ1) is 12.6. The molecular formula is C22H35NO4. The fraction of sp³-hybridized carbons (Fsp3) is 0.818. The third-order valence-electron chi connectivity index (χ3n) is 8.79. The van der Waals surface area contributed by atoms with Gasteiger partial charge in [-0.2, -0.15) is 0 Å². The van der Waals surface area contributed by atoms with E-state index in [0.29, 0.717) is 12.3 Å². The van der Waals surface area contributed by atoms with Crippen molar-refractivity contribution in [3.8, 4) is 0 Å². The van der Waals surface area contributed by atoms with E-state index in [1.54, 1.807) is 13.2 Å². The molecule has 0 radical (unpaired) electrons. The predicted molar refractivity (Wildman–Crippen MR) is 104 cm³/mol. The van der Waals surface area contributed by atoms with E-state index in [-0.39, 0.29) is 34.6 Å². The Hall–Kier alpha value is -1.36. The van der Waals surface area contributed by atoms with E-state index in [2.05, 4.69) is 27.4 Å². The zero-order valence-electron chi connectivity index (χ0n) is 17.4. The molecule has 2 unspecified atom stereocenters. The van der Waals surface area contributed by atoms with E-state index in [1.807, 2.05) is 6.92 Å². The van der Waals surface area contributed by atoms with Crippen LogP contribution < -0.4 is 5.73 Å². The lowest BCUT2D eigenvalue weighted by Gasteiger charge is -2.61. The smallest absolute Gasteiger partial charge is 0.404 e. The second-order valence-corrected chi connectivity index (χ2v) is 9.67. The summed E-state index contributed by atoms with van der Waals surface area (Å²) in [5, 5.41) is 0. The quantitative estimate of drug-likeness (QED) is 0.751. The molecule has 3 fully saturated rings. The maximum Gasteiger partial charge on any atom is 0.404 e. The van der Waals surface area contributed by atoms with Gasteiger partial charge in [-0.1, -0.05) is 26.8 Å². The van der Waals surface area contributed by atoms with Crippen LogP contribution in [0.25, 0.3) is 0 Å². The van der Waals surface area contributed by atoms with Crippen molar-refractivity contribution < 1.29 is 19.1 Å². The molecular weight excluding hydrogens is 342 g/mol. The molecule has 3 aliphatic carbocycles. The molecule has 0 saturated heterocycles. The van der Waals surface area contributed by atoms with E-state index in [4.69, 9.17) is 15.2 Å². The molecule has 0 heterocycles. The monoisotopic (exact) mass is 377 g/mol. The Morgan fingerprint density at radius 3 is 2.44 bits per heavy atom. The summed E-state index contributed by atoms with van der Waals surface area (Å²) in [6.07, 6.45) is 4.97. The maximum absolute atomic E-state index is 13.6. The summed E-state index contributed by atoms with van der Waals surface area (Å²) in [5.41, 5.74) is 4.32. The molecule has 2 bridgehead atoms. The minimum Gasteiger partial charge on any atom is -0.446 e. The zero-order chi connectivity index (χ0) is 20.2. The largest absolute Gasteiger partial charge is 0.446 e. The van der Waals surface area contributed by atoms with Crippen molar-refractivity contribution in [1.82, 2.24) is 0 Å². The number of ether oxygens (including phenoxy) is 2. The van der Waals surface area contributed by atoms with Gasteiger partial charge in [0.15, 0.2) is 0 Å². The highest BCUT2D eigenvalue weighted by atomic mass is 16.6. The molecule has 3 saturated carbocycles. The van der Waals surface area contributed by atoms with E-state index in [1.165, 1.54) is 0 Å². The number of ketones is 1. The first-order valence-corrected chi connectivity index (χ1v) is 10.2. The molecule has 3 aliphatic rings. The van der Waals surface area contributed by atoms with Crippen molar-refractivity contribution in [1.29, 1.82) is 0 Å². The summed E-state index contributed by atoms with van der Waals surface area (Å²) in [6.45, 7) is 12.5. The van der Waals surface area contributed by atoms with Gasteiger partial charge in [0.2, 0.25) is 0 Å². The third kappa shape index (κ3) is 2.68. The van der Waals surface area contributed by atoms with Crippen LogP contribution in [0.15, 0.2) is 12.7 Å². The average Bonchev–Trinajstić information content (AvgIpc) is 3.02. The molecule has 0 aliphatic heterocycles. The van der Waals surface area contributed by atoms with Gasteiger partial charge in [0, 0.05) is 36.2 Å². The Bertz CT molecular complexity index is 648. The summed E-state index contributed by atoms with van der Waals surface area (Å²) in [7, 11) is 1.76. The Morgan fingerprint density at radius 1 is 1.26 bits per heavy atom. The van der Waals surface area contributed by atoms with Crippen molar-refractivity contribution >= 4 is 11.9 Å². The van der Waals surface area contributed by atoms with Gasteiger partial charge in [-0.25, -0.2) is 4.79 Å². The van der Waals surface area contributed by atoms with Gasteiger partial charge in [-0.3, -0.25) is 4.79 Å². The molecule has 1 amide bonds. The number of carbonyl (C=O) groups excluding carboxylic acids is 2. The number of allylic oxidation sites excluding steroid dienone is 1. The first kappa shape index (κ1) is 20.4. The Morgan fingerprint density at radius 2 is 1.89 bits per heavy atom. The van der Waals surface area contributed by atoms with Crippen molar-refractivity contribution in [2.45, 2.75) is 72.0 Å². The zero-order valence-corrected chi connectivity index (χ0v) is 17.4.